The van der Waals surface area contributed by atoms with Crippen molar-refractivity contribution in [3.8, 4) is 0 Å². The number of aryl methyl sites for hydroxylation is 1. The van der Waals surface area contributed by atoms with Crippen molar-refractivity contribution < 1.29 is 8.50 Å². The molecule has 0 aliphatic carbocycles. The van der Waals surface area contributed by atoms with Crippen molar-refractivity contribution in [1.82, 2.24) is 9.78 Å². The van der Waals surface area contributed by atoms with Gasteiger partial charge in [-0.2, -0.15) is 5.10 Å². The Balaban J connectivity index is 3.15. The Bertz CT molecular complexity index is 269. The van der Waals surface area contributed by atoms with Gasteiger partial charge in [0.25, 0.3) is 0 Å². The average molecular weight is 182 g/mol. The summed E-state index contributed by atoms with van der Waals surface area (Å²) in [6.45, 7) is -2.43. The fourth-order valence-corrected chi connectivity index (χ4v) is 0.507. The second-order valence-electron chi connectivity index (χ2n) is 1.20. The predicted octanol–water partition coefficient (Wildman–Crippen LogP) is 1.32. The van der Waals surface area contributed by atoms with Gasteiger partial charge in [-0.1, -0.05) is 0 Å². The van der Waals surface area contributed by atoms with E-state index in [0.29, 0.717) is 4.68 Å². The predicted molar refractivity (Wildman–Crippen MR) is 30.9 cm³/mol. The van der Waals surface area contributed by atoms with Gasteiger partial charge in [-0.15, -0.1) is 0 Å². The summed E-state index contributed by atoms with van der Waals surface area (Å²) in [7, 11) is 0. The highest BCUT2D eigenvalue weighted by Crippen LogP contribution is 2.11. The Morgan fingerprint density at radius 2 is 2.88 bits per heavy atom. The van der Waals surface area contributed by atoms with Gasteiger partial charge in [0.2, 0.25) is 0 Å². The summed E-state index contributed by atoms with van der Waals surface area (Å²) in [5.41, 5.74) is 0. The van der Waals surface area contributed by atoms with Gasteiger partial charge in [0.1, 0.15) is 4.60 Å². The molecule has 1 rings (SSSR count). The molecule has 0 spiro atoms. The molecule has 1 aromatic heterocycles. The minimum absolute atomic E-state index is 0.155. The molecule has 4 heteroatoms. The van der Waals surface area contributed by atoms with E-state index in [2.05, 4.69) is 21.0 Å². The second kappa shape index (κ2) is 1.85. The number of aromatic nitrogens is 2. The van der Waals surface area contributed by atoms with Crippen LogP contribution < -0.4 is 0 Å². The molecule has 0 bridgehead atoms. The molecular formula is C4H4BrFN2. The van der Waals surface area contributed by atoms with Crippen LogP contribution in [0.1, 0.15) is 4.11 Å². The lowest BCUT2D eigenvalue weighted by Crippen LogP contribution is -1.88. The lowest BCUT2D eigenvalue weighted by Gasteiger charge is -1.86. The highest BCUT2D eigenvalue weighted by Gasteiger charge is 2.00. The van der Waals surface area contributed by atoms with Crippen LogP contribution in [-0.4, -0.2) is 9.78 Å². The van der Waals surface area contributed by atoms with E-state index >= 15 is 0 Å². The fourth-order valence-electron chi connectivity index (χ4n) is 0.314. The van der Waals surface area contributed by atoms with Crippen LogP contribution in [0.15, 0.2) is 10.8 Å². The number of hydrogen-bond donors (Lipinski definition) is 0. The van der Waals surface area contributed by atoms with Gasteiger partial charge >= 0.3 is 0 Å². The zero-order valence-corrected chi connectivity index (χ0v) is 5.31. The maximum Gasteiger partial charge on any atom is 0.175 e. The van der Waals surface area contributed by atoms with Gasteiger partial charge in [0.15, 0.2) is 5.82 Å². The average Bonchev–Trinajstić information content (AvgIpc) is 2.11. The Kier molecular flexibility index (Phi) is 0.686. The molecule has 0 aliphatic rings. The van der Waals surface area contributed by atoms with Crippen LogP contribution in [-0.2, 0) is 6.98 Å². The number of halogens is 2. The lowest BCUT2D eigenvalue weighted by molar-refractivity contribution is 0.614. The summed E-state index contributed by atoms with van der Waals surface area (Å²) in [4.78, 5) is 0. The standard InChI is InChI=1S/C4H4BrFN2/c1-8-4(5)3(6)2-7-8/h2H,1H3/i1D3. The van der Waals surface area contributed by atoms with Crippen molar-refractivity contribution in [2.45, 2.75) is 0 Å². The molecule has 2 nitrogen and oxygen atoms in total. The monoisotopic (exact) mass is 181 g/mol. The Morgan fingerprint density at radius 1 is 2.12 bits per heavy atom. The highest BCUT2D eigenvalue weighted by molar-refractivity contribution is 9.10. The first-order valence-corrected chi connectivity index (χ1v) is 2.62. The quantitative estimate of drug-likeness (QED) is 0.591. The summed E-state index contributed by atoms with van der Waals surface area (Å²) in [6.07, 6.45) is 0.844. The molecule has 0 fully saturated rings. The Labute approximate surface area is 58.7 Å². The van der Waals surface area contributed by atoms with Crippen LogP contribution >= 0.6 is 15.9 Å². The molecule has 44 valence electrons. The van der Waals surface area contributed by atoms with Crippen molar-refractivity contribution >= 4 is 15.9 Å². The molecule has 1 heterocycles. The minimum atomic E-state index is -2.43. The fraction of sp³-hybridized carbons (Fsp3) is 0.250. The third-order valence-corrected chi connectivity index (χ3v) is 1.38. The SMILES string of the molecule is [2H]C([2H])([2H])n1ncc(F)c1Br. The maximum atomic E-state index is 12.5. The van der Waals surface area contributed by atoms with E-state index in [1.807, 2.05) is 0 Å². The van der Waals surface area contributed by atoms with E-state index in [4.69, 9.17) is 4.11 Å². The van der Waals surface area contributed by atoms with E-state index in [0.717, 1.165) is 6.20 Å². The van der Waals surface area contributed by atoms with Crippen molar-refractivity contribution in [1.29, 1.82) is 0 Å². The summed E-state index contributed by atoms with van der Waals surface area (Å²) >= 11 is 2.75. The first kappa shape index (κ1) is 2.96. The van der Waals surface area contributed by atoms with E-state index in [1.165, 1.54) is 0 Å². The zero-order chi connectivity index (χ0) is 8.65. The van der Waals surface area contributed by atoms with Crippen LogP contribution in [0.25, 0.3) is 0 Å². The van der Waals surface area contributed by atoms with Crippen molar-refractivity contribution in [2.24, 2.45) is 6.98 Å². The third-order valence-electron chi connectivity index (χ3n) is 0.670. The Morgan fingerprint density at radius 3 is 3.12 bits per heavy atom. The van der Waals surface area contributed by atoms with Crippen molar-refractivity contribution in [3.05, 3.63) is 16.6 Å². The number of hydrogen-bond acceptors (Lipinski definition) is 1. The molecule has 1 aromatic rings. The summed E-state index contributed by atoms with van der Waals surface area (Å²) in [5, 5.41) is 3.32. The van der Waals surface area contributed by atoms with Crippen LogP contribution in [0.4, 0.5) is 4.39 Å². The van der Waals surface area contributed by atoms with Crippen molar-refractivity contribution in [3.63, 3.8) is 0 Å². The van der Waals surface area contributed by atoms with Crippen LogP contribution in [0.3, 0.4) is 0 Å². The number of rotatable bonds is 0. The van der Waals surface area contributed by atoms with Gasteiger partial charge < -0.3 is 0 Å². The van der Waals surface area contributed by atoms with Gasteiger partial charge in [-0.3, -0.25) is 4.68 Å². The van der Waals surface area contributed by atoms with Crippen LogP contribution in [0.2, 0.25) is 0 Å². The number of nitrogens with zero attached hydrogens (tertiary/aromatic N) is 2. The normalized spacial score (nSPS) is 17.0. The van der Waals surface area contributed by atoms with E-state index in [-0.39, 0.29) is 4.60 Å². The van der Waals surface area contributed by atoms with Gasteiger partial charge in [0, 0.05) is 11.1 Å². The third kappa shape index (κ3) is 0.753. The molecule has 0 saturated heterocycles. The van der Waals surface area contributed by atoms with Crippen LogP contribution in [0, 0.1) is 5.82 Å². The first-order chi connectivity index (χ1) is 4.93. The Hall–Kier alpha value is -0.380. The topological polar surface area (TPSA) is 17.8 Å². The van der Waals surface area contributed by atoms with Gasteiger partial charge in [-0.25, -0.2) is 4.39 Å². The van der Waals surface area contributed by atoms with E-state index < -0.39 is 12.8 Å². The van der Waals surface area contributed by atoms with E-state index in [9.17, 15) is 4.39 Å². The summed E-state index contributed by atoms with van der Waals surface area (Å²) < 4.78 is 33.5. The molecule has 0 N–H and O–H groups in total. The molecule has 0 aliphatic heterocycles. The minimum Gasteiger partial charge on any atom is -0.258 e. The smallest absolute Gasteiger partial charge is 0.175 e. The zero-order valence-electron chi connectivity index (χ0n) is 6.73. The molecule has 8 heavy (non-hydrogen) atoms. The van der Waals surface area contributed by atoms with Crippen molar-refractivity contribution in [2.75, 3.05) is 0 Å². The molecule has 0 amide bonds. The molecule has 0 radical (unpaired) electrons. The lowest BCUT2D eigenvalue weighted by atomic mass is 10.7. The van der Waals surface area contributed by atoms with Crippen LogP contribution in [0.5, 0.6) is 0 Å². The molecule has 0 aromatic carbocycles. The molecular weight excluding hydrogens is 175 g/mol. The summed E-state index contributed by atoms with van der Waals surface area (Å²) in [5.74, 6) is -0.680. The first-order valence-electron chi connectivity index (χ1n) is 3.32. The molecule has 0 atom stereocenters. The maximum absolute atomic E-state index is 12.5. The van der Waals surface area contributed by atoms with Gasteiger partial charge in [0.05, 0.1) is 6.20 Å². The molecule has 0 saturated carbocycles. The largest absolute Gasteiger partial charge is 0.258 e. The molecule has 0 unspecified atom stereocenters. The second-order valence-corrected chi connectivity index (χ2v) is 1.95. The van der Waals surface area contributed by atoms with E-state index in [1.54, 1.807) is 0 Å². The highest BCUT2D eigenvalue weighted by atomic mass is 79.9. The summed E-state index contributed by atoms with van der Waals surface area (Å²) in [6, 6.07) is 0. The van der Waals surface area contributed by atoms with Gasteiger partial charge in [-0.05, 0) is 15.9 Å².